The second-order valence-corrected chi connectivity index (χ2v) is 8.57. The number of terminal acetylenes is 1. The number of hydrogen-bond acceptors (Lipinski definition) is 6. The van der Waals surface area contributed by atoms with Crippen molar-refractivity contribution in [2.45, 2.75) is 50.5 Å². The van der Waals surface area contributed by atoms with Crippen LogP contribution in [0, 0.1) is 12.3 Å². The van der Waals surface area contributed by atoms with Crippen molar-refractivity contribution in [1.82, 2.24) is 0 Å². The average Bonchev–Trinajstić information content (AvgIpc) is 2.93. The Morgan fingerprint density at radius 2 is 1.19 bits per heavy atom. The Balaban J connectivity index is 1.51. The molecule has 1 aliphatic rings. The van der Waals surface area contributed by atoms with Crippen LogP contribution >= 0.6 is 0 Å². The summed E-state index contributed by atoms with van der Waals surface area (Å²) in [5.74, 6) is 2.43. The van der Waals surface area contributed by atoms with E-state index in [9.17, 15) is 5.11 Å². The quantitative estimate of drug-likeness (QED) is 0.387. The third-order valence-electron chi connectivity index (χ3n) is 5.91. The summed E-state index contributed by atoms with van der Waals surface area (Å²) in [5.41, 5.74) is 3.03. The van der Waals surface area contributed by atoms with Gasteiger partial charge in [-0.2, -0.15) is 0 Å². The highest BCUT2D eigenvalue weighted by Crippen LogP contribution is 2.29. The van der Waals surface area contributed by atoms with E-state index in [1.54, 1.807) is 0 Å². The van der Waals surface area contributed by atoms with Gasteiger partial charge in [-0.25, -0.2) is 0 Å². The highest BCUT2D eigenvalue weighted by atomic mass is 16.7. The summed E-state index contributed by atoms with van der Waals surface area (Å²) in [6.45, 7) is 1.27. The predicted octanol–water partition coefficient (Wildman–Crippen LogP) is 4.11. The fourth-order valence-corrected chi connectivity index (χ4v) is 4.09. The van der Waals surface area contributed by atoms with E-state index in [4.69, 9.17) is 30.1 Å². The maximum absolute atomic E-state index is 11.2. The first-order valence-electron chi connectivity index (χ1n) is 12.1. The molecule has 1 N–H and O–H groups in total. The molecule has 188 valence electrons. The van der Waals surface area contributed by atoms with E-state index in [0.29, 0.717) is 19.8 Å². The second kappa shape index (κ2) is 13.9. The zero-order chi connectivity index (χ0) is 25.0. The van der Waals surface area contributed by atoms with Gasteiger partial charge in [-0.3, -0.25) is 0 Å². The first-order chi connectivity index (χ1) is 17.7. The van der Waals surface area contributed by atoms with Gasteiger partial charge in [0.2, 0.25) is 0 Å². The van der Waals surface area contributed by atoms with Crippen LogP contribution in [0.2, 0.25) is 0 Å². The number of aliphatic hydroxyl groups excluding tert-OH is 1. The van der Waals surface area contributed by atoms with Crippen molar-refractivity contribution in [3.8, 4) is 12.3 Å². The SMILES string of the molecule is C#CCO[C@H]1O[C@H](COCc2ccccc2)[C@@H](OCc2ccccc2)[C@H](OCc2ccccc2)[C@H]1O. The first-order valence-corrected chi connectivity index (χ1v) is 12.1. The van der Waals surface area contributed by atoms with Gasteiger partial charge in [0.1, 0.15) is 31.0 Å². The number of hydrogen-bond donors (Lipinski definition) is 1. The largest absolute Gasteiger partial charge is 0.385 e. The summed E-state index contributed by atoms with van der Waals surface area (Å²) in [4.78, 5) is 0. The molecule has 1 heterocycles. The van der Waals surface area contributed by atoms with Crippen molar-refractivity contribution in [2.24, 2.45) is 0 Å². The molecule has 3 aromatic rings. The van der Waals surface area contributed by atoms with Crippen LogP contribution in [0.3, 0.4) is 0 Å². The summed E-state index contributed by atoms with van der Waals surface area (Å²) in [5, 5.41) is 11.2. The minimum Gasteiger partial charge on any atom is -0.385 e. The van der Waals surface area contributed by atoms with E-state index in [0.717, 1.165) is 16.7 Å². The predicted molar refractivity (Wildman–Crippen MR) is 136 cm³/mol. The standard InChI is InChI=1S/C30H32O6/c1-2-18-33-30-27(31)29(35-21-25-16-10-5-11-17-25)28(34-20-24-14-8-4-9-15-24)26(36-30)22-32-19-23-12-6-3-7-13-23/h1,3-17,26-31H,18-22H2/t26-,27-,28-,29-,30+/m1/s1. The smallest absolute Gasteiger partial charge is 0.187 e. The molecule has 1 fully saturated rings. The van der Waals surface area contributed by atoms with Crippen LogP contribution < -0.4 is 0 Å². The highest BCUT2D eigenvalue weighted by Gasteiger charge is 2.47. The minimum absolute atomic E-state index is 0.000261. The van der Waals surface area contributed by atoms with Gasteiger partial charge >= 0.3 is 0 Å². The maximum Gasteiger partial charge on any atom is 0.187 e. The molecule has 0 radical (unpaired) electrons. The van der Waals surface area contributed by atoms with Crippen LogP contribution in [-0.4, -0.2) is 49.0 Å². The Labute approximate surface area is 212 Å². The molecule has 1 saturated heterocycles. The number of benzene rings is 3. The van der Waals surface area contributed by atoms with Crippen molar-refractivity contribution < 1.29 is 28.8 Å². The Morgan fingerprint density at radius 1 is 0.694 bits per heavy atom. The fraction of sp³-hybridized carbons (Fsp3) is 0.333. The van der Waals surface area contributed by atoms with Gasteiger partial charge in [-0.1, -0.05) is 96.9 Å². The van der Waals surface area contributed by atoms with E-state index < -0.39 is 30.7 Å². The van der Waals surface area contributed by atoms with Gasteiger partial charge in [-0.05, 0) is 16.7 Å². The average molecular weight is 489 g/mol. The summed E-state index contributed by atoms with van der Waals surface area (Å²) < 4.78 is 30.3. The van der Waals surface area contributed by atoms with Crippen LogP contribution in [0.1, 0.15) is 16.7 Å². The molecule has 36 heavy (non-hydrogen) atoms. The van der Waals surface area contributed by atoms with Crippen LogP contribution in [-0.2, 0) is 43.5 Å². The molecule has 0 aliphatic carbocycles. The van der Waals surface area contributed by atoms with E-state index in [1.807, 2.05) is 91.0 Å². The van der Waals surface area contributed by atoms with Gasteiger partial charge in [0.25, 0.3) is 0 Å². The minimum atomic E-state index is -1.10. The van der Waals surface area contributed by atoms with Crippen LogP contribution in [0.4, 0.5) is 0 Å². The van der Waals surface area contributed by atoms with Gasteiger partial charge < -0.3 is 28.8 Å². The lowest BCUT2D eigenvalue weighted by atomic mass is 9.98. The normalized spacial score (nSPS) is 23.7. The fourth-order valence-electron chi connectivity index (χ4n) is 4.09. The molecular weight excluding hydrogens is 456 g/mol. The lowest BCUT2D eigenvalue weighted by Gasteiger charge is -2.44. The summed E-state index contributed by atoms with van der Waals surface area (Å²) >= 11 is 0. The lowest BCUT2D eigenvalue weighted by Crippen LogP contribution is -2.61. The summed E-state index contributed by atoms with van der Waals surface area (Å²) in [6, 6.07) is 29.5. The number of ether oxygens (including phenoxy) is 5. The Morgan fingerprint density at radius 3 is 1.72 bits per heavy atom. The number of aliphatic hydroxyl groups is 1. The monoisotopic (exact) mass is 488 g/mol. The molecule has 0 unspecified atom stereocenters. The molecule has 1 aliphatic heterocycles. The molecule has 4 rings (SSSR count). The molecule has 5 atom stereocenters. The van der Waals surface area contributed by atoms with Crippen molar-refractivity contribution >= 4 is 0 Å². The lowest BCUT2D eigenvalue weighted by molar-refractivity contribution is -0.316. The molecule has 6 nitrogen and oxygen atoms in total. The van der Waals surface area contributed by atoms with Crippen LogP contribution in [0.5, 0.6) is 0 Å². The highest BCUT2D eigenvalue weighted by molar-refractivity contribution is 5.15. The van der Waals surface area contributed by atoms with E-state index in [1.165, 1.54) is 0 Å². The molecular formula is C30H32O6. The van der Waals surface area contributed by atoms with E-state index in [2.05, 4.69) is 5.92 Å². The Hall–Kier alpha value is -3.02. The topological polar surface area (TPSA) is 66.4 Å². The summed E-state index contributed by atoms with van der Waals surface area (Å²) in [7, 11) is 0. The van der Waals surface area contributed by atoms with Crippen LogP contribution in [0.15, 0.2) is 91.0 Å². The van der Waals surface area contributed by atoms with Gasteiger partial charge in [0.15, 0.2) is 6.29 Å². The third-order valence-corrected chi connectivity index (χ3v) is 5.91. The van der Waals surface area contributed by atoms with Gasteiger partial charge in [-0.15, -0.1) is 6.42 Å². The zero-order valence-electron chi connectivity index (χ0n) is 20.1. The second-order valence-electron chi connectivity index (χ2n) is 8.57. The molecule has 0 saturated carbocycles. The van der Waals surface area contributed by atoms with Crippen molar-refractivity contribution in [2.75, 3.05) is 13.2 Å². The third kappa shape index (κ3) is 7.49. The van der Waals surface area contributed by atoms with Crippen LogP contribution in [0.25, 0.3) is 0 Å². The molecule has 0 aromatic heterocycles. The first kappa shape index (κ1) is 26.1. The molecule has 0 amide bonds. The zero-order valence-corrected chi connectivity index (χ0v) is 20.1. The Bertz CT molecular complexity index is 1050. The molecule has 0 bridgehead atoms. The van der Waals surface area contributed by atoms with E-state index in [-0.39, 0.29) is 13.2 Å². The van der Waals surface area contributed by atoms with E-state index >= 15 is 0 Å². The Kier molecular flexibility index (Phi) is 10.1. The maximum atomic E-state index is 11.2. The molecule has 0 spiro atoms. The number of rotatable bonds is 12. The summed E-state index contributed by atoms with van der Waals surface area (Å²) in [6.07, 6.45) is 1.43. The van der Waals surface area contributed by atoms with Crippen molar-refractivity contribution in [3.63, 3.8) is 0 Å². The molecule has 3 aromatic carbocycles. The van der Waals surface area contributed by atoms with Gasteiger partial charge in [0, 0.05) is 0 Å². The van der Waals surface area contributed by atoms with Gasteiger partial charge in [0.05, 0.1) is 26.4 Å². The van der Waals surface area contributed by atoms with Crippen molar-refractivity contribution in [3.05, 3.63) is 108 Å². The molecule has 6 heteroatoms. The van der Waals surface area contributed by atoms with Crippen molar-refractivity contribution in [1.29, 1.82) is 0 Å².